The molecule has 5 nitrogen and oxygen atoms in total. The topological polar surface area (TPSA) is 60.5 Å². The lowest BCUT2D eigenvalue weighted by Crippen LogP contribution is -2.15. The summed E-state index contributed by atoms with van der Waals surface area (Å²) in [6.07, 6.45) is 1.27. The van der Waals surface area contributed by atoms with Crippen molar-refractivity contribution in [1.82, 2.24) is 4.98 Å². The fourth-order valence-corrected chi connectivity index (χ4v) is 5.10. The number of aryl methyl sites for hydroxylation is 1. The van der Waals surface area contributed by atoms with E-state index < -0.39 is 0 Å². The number of benzene rings is 1. The average Bonchev–Trinajstić information content (AvgIpc) is 3.35. The lowest BCUT2D eigenvalue weighted by molar-refractivity contribution is -0.115. The maximum Gasteiger partial charge on any atom is 0.229 e. The SMILES string of the molecule is CCOc1cc2c(cc1NC(=O)Cc1sc(C)nc1-c1cccs1)O[C@@H](C)C2. The van der Waals surface area contributed by atoms with Gasteiger partial charge in [-0.3, -0.25) is 4.79 Å². The summed E-state index contributed by atoms with van der Waals surface area (Å²) < 4.78 is 11.6. The molecule has 2 aromatic heterocycles. The lowest BCUT2D eigenvalue weighted by Gasteiger charge is -2.13. The van der Waals surface area contributed by atoms with E-state index in [1.54, 1.807) is 22.7 Å². The number of thiophene rings is 1. The Labute approximate surface area is 172 Å². The van der Waals surface area contributed by atoms with Crippen molar-refractivity contribution in [2.24, 2.45) is 0 Å². The standard InChI is InChI=1S/C21H22N2O3S2/c1-4-25-17-9-14-8-12(2)26-16(14)10-15(17)23-20(24)11-19-21(22-13(3)28-19)18-6-5-7-27-18/h5-7,9-10,12H,4,8,11H2,1-3H3,(H,23,24)/t12-/m0/s1. The molecule has 0 saturated heterocycles. The summed E-state index contributed by atoms with van der Waals surface area (Å²) in [7, 11) is 0. The van der Waals surface area contributed by atoms with Crippen LogP contribution in [0.15, 0.2) is 29.6 Å². The number of nitrogens with one attached hydrogen (secondary N) is 1. The second kappa shape index (κ2) is 7.93. The number of carbonyl (C=O) groups excluding carboxylic acids is 1. The Morgan fingerprint density at radius 2 is 2.29 bits per heavy atom. The molecule has 146 valence electrons. The molecule has 1 amide bonds. The molecule has 3 aromatic rings. The normalized spacial score (nSPS) is 15.2. The predicted molar refractivity (Wildman–Crippen MR) is 114 cm³/mol. The van der Waals surface area contributed by atoms with Gasteiger partial charge in [-0.2, -0.15) is 0 Å². The maximum atomic E-state index is 12.8. The zero-order valence-corrected chi connectivity index (χ0v) is 17.7. The van der Waals surface area contributed by atoms with Crippen molar-refractivity contribution in [2.75, 3.05) is 11.9 Å². The van der Waals surface area contributed by atoms with Crippen molar-refractivity contribution in [3.05, 3.63) is 45.1 Å². The summed E-state index contributed by atoms with van der Waals surface area (Å²) in [5.74, 6) is 1.42. The first kappa shape index (κ1) is 19.0. The van der Waals surface area contributed by atoms with Gasteiger partial charge in [0.2, 0.25) is 5.91 Å². The summed E-state index contributed by atoms with van der Waals surface area (Å²) in [6.45, 7) is 6.48. The molecular formula is C21H22N2O3S2. The second-order valence-electron chi connectivity index (χ2n) is 6.73. The average molecular weight is 415 g/mol. The van der Waals surface area contributed by atoms with Crippen LogP contribution in [0.25, 0.3) is 10.6 Å². The third-order valence-electron chi connectivity index (χ3n) is 4.45. The van der Waals surface area contributed by atoms with Gasteiger partial charge < -0.3 is 14.8 Å². The molecule has 1 atom stereocenters. The van der Waals surface area contributed by atoms with E-state index in [1.807, 2.05) is 50.4 Å². The highest BCUT2D eigenvalue weighted by Gasteiger charge is 2.23. The molecule has 0 fully saturated rings. The van der Waals surface area contributed by atoms with Crippen LogP contribution in [0.5, 0.6) is 11.5 Å². The van der Waals surface area contributed by atoms with Gasteiger partial charge in [0.1, 0.15) is 17.6 Å². The molecule has 0 radical (unpaired) electrons. The van der Waals surface area contributed by atoms with Crippen molar-refractivity contribution < 1.29 is 14.3 Å². The van der Waals surface area contributed by atoms with Gasteiger partial charge in [-0.25, -0.2) is 4.98 Å². The molecule has 7 heteroatoms. The minimum absolute atomic E-state index is 0.0894. The van der Waals surface area contributed by atoms with Crippen molar-refractivity contribution in [2.45, 2.75) is 39.7 Å². The molecule has 0 bridgehead atoms. The van der Waals surface area contributed by atoms with E-state index in [0.717, 1.165) is 38.2 Å². The summed E-state index contributed by atoms with van der Waals surface area (Å²) in [5, 5.41) is 5.99. The van der Waals surface area contributed by atoms with Crippen LogP contribution >= 0.6 is 22.7 Å². The van der Waals surface area contributed by atoms with Gasteiger partial charge in [-0.15, -0.1) is 22.7 Å². The molecule has 4 rings (SSSR count). The Balaban J connectivity index is 1.56. The predicted octanol–water partition coefficient (Wildman–Crippen LogP) is 5.08. The number of anilines is 1. The Morgan fingerprint density at radius 3 is 3.04 bits per heavy atom. The van der Waals surface area contributed by atoms with Crippen LogP contribution in [0.4, 0.5) is 5.69 Å². The largest absolute Gasteiger partial charge is 0.492 e. The van der Waals surface area contributed by atoms with Crippen molar-refractivity contribution in [3.8, 4) is 22.1 Å². The van der Waals surface area contributed by atoms with Gasteiger partial charge in [0.15, 0.2) is 0 Å². The quantitative estimate of drug-likeness (QED) is 0.611. The van der Waals surface area contributed by atoms with Crippen LogP contribution in [0.2, 0.25) is 0 Å². The number of thiazole rings is 1. The molecule has 1 N–H and O–H groups in total. The highest BCUT2D eigenvalue weighted by molar-refractivity contribution is 7.15. The van der Waals surface area contributed by atoms with Crippen LogP contribution in [0.3, 0.4) is 0 Å². The number of nitrogens with zero attached hydrogens (tertiary/aromatic N) is 1. The minimum Gasteiger partial charge on any atom is -0.492 e. The highest BCUT2D eigenvalue weighted by atomic mass is 32.1. The maximum absolute atomic E-state index is 12.8. The van der Waals surface area contributed by atoms with E-state index in [1.165, 1.54) is 0 Å². The molecule has 0 saturated carbocycles. The first-order valence-electron chi connectivity index (χ1n) is 9.30. The Bertz CT molecular complexity index is 996. The van der Waals surface area contributed by atoms with E-state index in [9.17, 15) is 4.79 Å². The Morgan fingerprint density at radius 1 is 1.43 bits per heavy atom. The molecule has 0 aliphatic carbocycles. The molecule has 1 aliphatic rings. The van der Waals surface area contributed by atoms with Crippen molar-refractivity contribution >= 4 is 34.3 Å². The van der Waals surface area contributed by atoms with Gasteiger partial charge in [-0.1, -0.05) is 6.07 Å². The van der Waals surface area contributed by atoms with Crippen LogP contribution in [0, 0.1) is 6.92 Å². The molecular weight excluding hydrogens is 392 g/mol. The van der Waals surface area contributed by atoms with E-state index in [2.05, 4.69) is 10.3 Å². The second-order valence-corrected chi connectivity index (χ2v) is 8.96. The van der Waals surface area contributed by atoms with E-state index in [-0.39, 0.29) is 18.4 Å². The van der Waals surface area contributed by atoms with Crippen LogP contribution in [-0.2, 0) is 17.6 Å². The number of ether oxygens (including phenoxy) is 2. The van der Waals surface area contributed by atoms with E-state index >= 15 is 0 Å². The van der Waals surface area contributed by atoms with E-state index in [0.29, 0.717) is 18.0 Å². The summed E-state index contributed by atoms with van der Waals surface area (Å²) in [4.78, 5) is 19.5. The van der Waals surface area contributed by atoms with Gasteiger partial charge in [-0.05, 0) is 38.3 Å². The Kier molecular flexibility index (Phi) is 5.37. The molecule has 0 spiro atoms. The molecule has 1 aromatic carbocycles. The molecule has 3 heterocycles. The minimum atomic E-state index is -0.0894. The van der Waals surface area contributed by atoms with Crippen molar-refractivity contribution in [1.29, 1.82) is 0 Å². The number of rotatable bonds is 6. The fraction of sp³-hybridized carbons (Fsp3) is 0.333. The fourth-order valence-electron chi connectivity index (χ4n) is 3.35. The zero-order valence-electron chi connectivity index (χ0n) is 16.1. The van der Waals surface area contributed by atoms with E-state index in [4.69, 9.17) is 9.47 Å². The molecule has 0 unspecified atom stereocenters. The highest BCUT2D eigenvalue weighted by Crippen LogP contribution is 2.38. The van der Waals surface area contributed by atoms with Gasteiger partial charge in [0, 0.05) is 22.9 Å². The monoisotopic (exact) mass is 414 g/mol. The number of hydrogen-bond donors (Lipinski definition) is 1. The van der Waals surface area contributed by atoms with Crippen LogP contribution < -0.4 is 14.8 Å². The molecule has 28 heavy (non-hydrogen) atoms. The van der Waals surface area contributed by atoms with Gasteiger partial charge in [0.05, 0.1) is 34.3 Å². The van der Waals surface area contributed by atoms with Crippen LogP contribution in [-0.4, -0.2) is 23.6 Å². The summed E-state index contributed by atoms with van der Waals surface area (Å²) in [6, 6.07) is 7.89. The first-order chi connectivity index (χ1) is 13.5. The Hall–Kier alpha value is -2.38. The summed E-state index contributed by atoms with van der Waals surface area (Å²) >= 11 is 3.20. The number of amides is 1. The third kappa shape index (κ3) is 3.91. The smallest absolute Gasteiger partial charge is 0.229 e. The van der Waals surface area contributed by atoms with Gasteiger partial charge in [0.25, 0.3) is 0 Å². The lowest BCUT2D eigenvalue weighted by atomic mass is 10.1. The van der Waals surface area contributed by atoms with Crippen LogP contribution in [0.1, 0.15) is 29.3 Å². The van der Waals surface area contributed by atoms with Gasteiger partial charge >= 0.3 is 0 Å². The zero-order chi connectivity index (χ0) is 19.7. The summed E-state index contributed by atoms with van der Waals surface area (Å²) in [5.41, 5.74) is 2.68. The van der Waals surface area contributed by atoms with Crippen molar-refractivity contribution in [3.63, 3.8) is 0 Å². The number of aromatic nitrogens is 1. The number of carbonyl (C=O) groups is 1. The molecule has 1 aliphatic heterocycles. The number of fused-ring (bicyclic) bond motifs is 1. The third-order valence-corrected chi connectivity index (χ3v) is 6.30. The first-order valence-corrected chi connectivity index (χ1v) is 11.0. The number of hydrogen-bond acceptors (Lipinski definition) is 6.